The van der Waals surface area contributed by atoms with Crippen LogP contribution in [0.1, 0.15) is 23.0 Å². The predicted molar refractivity (Wildman–Crippen MR) is 73.3 cm³/mol. The van der Waals surface area contributed by atoms with Crippen LogP contribution in [0.3, 0.4) is 0 Å². The van der Waals surface area contributed by atoms with E-state index in [1.807, 2.05) is 13.0 Å². The van der Waals surface area contributed by atoms with Crippen molar-refractivity contribution in [3.05, 3.63) is 29.6 Å². The van der Waals surface area contributed by atoms with Gasteiger partial charge in [0.2, 0.25) is 0 Å². The molecule has 1 aromatic heterocycles. The molecule has 0 spiro atoms. The number of aryl methyl sites for hydroxylation is 1. The predicted octanol–water partition coefficient (Wildman–Crippen LogP) is 0.367. The Hall–Kier alpha value is -1.95. The highest BCUT2D eigenvalue weighted by Gasteiger charge is 2.40. The zero-order chi connectivity index (χ0) is 14.8. The van der Waals surface area contributed by atoms with Crippen LogP contribution in [-0.4, -0.2) is 54.0 Å². The molecule has 1 aromatic rings. The standard InChI is InChI=1S/C14H19N3O3/c1-10-5-4-6-16-11(10)12(18)17-7-8-20-14(2,9-17)13(19)15-3/h4-6H,7-9H2,1-3H3,(H,15,19)/t14-/m1/s1. The molecule has 1 N–H and O–H groups in total. The monoisotopic (exact) mass is 277 g/mol. The van der Waals surface area contributed by atoms with Gasteiger partial charge in [0, 0.05) is 19.8 Å². The van der Waals surface area contributed by atoms with Gasteiger partial charge in [-0.05, 0) is 25.5 Å². The molecule has 1 fully saturated rings. The van der Waals surface area contributed by atoms with Crippen LogP contribution in [0.2, 0.25) is 0 Å². The molecule has 1 aliphatic heterocycles. The molecular formula is C14H19N3O3. The average molecular weight is 277 g/mol. The van der Waals surface area contributed by atoms with Crippen molar-refractivity contribution in [3.63, 3.8) is 0 Å². The second-order valence-electron chi connectivity index (χ2n) is 5.05. The average Bonchev–Trinajstić information content (AvgIpc) is 2.46. The minimum atomic E-state index is -1.01. The minimum Gasteiger partial charge on any atom is -0.362 e. The van der Waals surface area contributed by atoms with E-state index in [1.54, 1.807) is 31.1 Å². The van der Waals surface area contributed by atoms with Gasteiger partial charge in [-0.1, -0.05) is 6.07 Å². The molecule has 2 heterocycles. The van der Waals surface area contributed by atoms with E-state index in [0.29, 0.717) is 18.8 Å². The minimum absolute atomic E-state index is 0.165. The first-order valence-electron chi connectivity index (χ1n) is 6.55. The summed E-state index contributed by atoms with van der Waals surface area (Å²) in [5.41, 5.74) is 0.241. The second kappa shape index (κ2) is 5.58. The fourth-order valence-corrected chi connectivity index (χ4v) is 2.30. The van der Waals surface area contributed by atoms with Crippen molar-refractivity contribution in [1.29, 1.82) is 0 Å². The molecular weight excluding hydrogens is 258 g/mol. The number of hydrogen-bond donors (Lipinski definition) is 1. The lowest BCUT2D eigenvalue weighted by Gasteiger charge is -2.38. The number of nitrogens with one attached hydrogen (secondary N) is 1. The lowest BCUT2D eigenvalue weighted by Crippen LogP contribution is -2.59. The quantitative estimate of drug-likeness (QED) is 0.847. The molecule has 0 saturated carbocycles. The highest BCUT2D eigenvalue weighted by molar-refractivity contribution is 5.94. The molecule has 2 amide bonds. The molecule has 108 valence electrons. The van der Waals surface area contributed by atoms with Gasteiger partial charge in [-0.3, -0.25) is 14.6 Å². The van der Waals surface area contributed by atoms with Crippen molar-refractivity contribution >= 4 is 11.8 Å². The topological polar surface area (TPSA) is 71.5 Å². The van der Waals surface area contributed by atoms with Gasteiger partial charge in [0.05, 0.1) is 13.2 Å². The molecule has 2 rings (SSSR count). The number of pyridine rings is 1. The maximum atomic E-state index is 12.5. The summed E-state index contributed by atoms with van der Waals surface area (Å²) in [5.74, 6) is -0.394. The van der Waals surface area contributed by atoms with Crippen LogP contribution in [0.5, 0.6) is 0 Å². The van der Waals surface area contributed by atoms with E-state index in [-0.39, 0.29) is 18.4 Å². The van der Waals surface area contributed by atoms with Gasteiger partial charge in [0.15, 0.2) is 5.60 Å². The lowest BCUT2D eigenvalue weighted by molar-refractivity contribution is -0.153. The fourth-order valence-electron chi connectivity index (χ4n) is 2.30. The van der Waals surface area contributed by atoms with Gasteiger partial charge in [-0.2, -0.15) is 0 Å². The number of morpholine rings is 1. The van der Waals surface area contributed by atoms with Crippen LogP contribution in [-0.2, 0) is 9.53 Å². The molecule has 20 heavy (non-hydrogen) atoms. The van der Waals surface area contributed by atoms with Gasteiger partial charge in [-0.25, -0.2) is 0 Å². The molecule has 0 radical (unpaired) electrons. The van der Waals surface area contributed by atoms with Crippen molar-refractivity contribution in [1.82, 2.24) is 15.2 Å². The fraction of sp³-hybridized carbons (Fsp3) is 0.500. The maximum absolute atomic E-state index is 12.5. The Morgan fingerprint density at radius 3 is 2.90 bits per heavy atom. The molecule has 1 atom stereocenters. The molecule has 6 nitrogen and oxygen atoms in total. The van der Waals surface area contributed by atoms with Crippen molar-refractivity contribution in [2.45, 2.75) is 19.4 Å². The first-order chi connectivity index (χ1) is 9.48. The summed E-state index contributed by atoms with van der Waals surface area (Å²) in [7, 11) is 1.56. The van der Waals surface area contributed by atoms with Crippen molar-refractivity contribution < 1.29 is 14.3 Å². The van der Waals surface area contributed by atoms with Gasteiger partial charge in [-0.15, -0.1) is 0 Å². The summed E-state index contributed by atoms with van der Waals surface area (Å²) >= 11 is 0. The van der Waals surface area contributed by atoms with E-state index < -0.39 is 5.60 Å². The summed E-state index contributed by atoms with van der Waals surface area (Å²) in [6, 6.07) is 3.64. The third kappa shape index (κ3) is 2.65. The molecule has 0 unspecified atom stereocenters. The Kier molecular flexibility index (Phi) is 4.04. The number of rotatable bonds is 2. The zero-order valence-electron chi connectivity index (χ0n) is 12.0. The third-order valence-corrected chi connectivity index (χ3v) is 3.48. The zero-order valence-corrected chi connectivity index (χ0v) is 12.0. The number of amides is 2. The van der Waals surface area contributed by atoms with Crippen molar-refractivity contribution in [2.75, 3.05) is 26.7 Å². The molecule has 6 heteroatoms. The van der Waals surface area contributed by atoms with E-state index in [1.165, 1.54) is 0 Å². The number of hydrogen-bond acceptors (Lipinski definition) is 4. The first-order valence-corrected chi connectivity index (χ1v) is 6.55. The lowest BCUT2D eigenvalue weighted by atomic mass is 10.0. The first kappa shape index (κ1) is 14.5. The van der Waals surface area contributed by atoms with Crippen LogP contribution < -0.4 is 5.32 Å². The van der Waals surface area contributed by atoms with Crippen LogP contribution in [0.15, 0.2) is 18.3 Å². The SMILES string of the molecule is CNC(=O)[C@@]1(C)CN(C(=O)c2ncccc2C)CCO1. The number of ether oxygens (including phenoxy) is 1. The number of carbonyl (C=O) groups is 2. The number of likely N-dealkylation sites (N-methyl/N-ethyl adjacent to an activating group) is 1. The summed E-state index contributed by atoms with van der Waals surface area (Å²) in [6.07, 6.45) is 1.60. The van der Waals surface area contributed by atoms with Crippen LogP contribution in [0, 0.1) is 6.92 Å². The molecule has 1 aliphatic rings. The molecule has 0 aliphatic carbocycles. The van der Waals surface area contributed by atoms with Gasteiger partial charge in [0.1, 0.15) is 5.69 Å². The number of carbonyl (C=O) groups excluding carboxylic acids is 2. The third-order valence-electron chi connectivity index (χ3n) is 3.48. The Labute approximate surface area is 118 Å². The van der Waals surface area contributed by atoms with Crippen LogP contribution >= 0.6 is 0 Å². The smallest absolute Gasteiger partial charge is 0.272 e. The van der Waals surface area contributed by atoms with Crippen molar-refractivity contribution in [2.24, 2.45) is 0 Å². The molecule has 0 bridgehead atoms. The van der Waals surface area contributed by atoms with Crippen LogP contribution in [0.4, 0.5) is 0 Å². The summed E-state index contributed by atoms with van der Waals surface area (Å²) in [6.45, 7) is 4.56. The van der Waals surface area contributed by atoms with E-state index in [9.17, 15) is 9.59 Å². The second-order valence-corrected chi connectivity index (χ2v) is 5.05. The summed E-state index contributed by atoms with van der Waals surface area (Å²) in [4.78, 5) is 30.1. The Bertz CT molecular complexity index is 532. The Morgan fingerprint density at radius 1 is 1.50 bits per heavy atom. The maximum Gasteiger partial charge on any atom is 0.272 e. The van der Waals surface area contributed by atoms with E-state index >= 15 is 0 Å². The largest absolute Gasteiger partial charge is 0.362 e. The number of aromatic nitrogens is 1. The van der Waals surface area contributed by atoms with E-state index in [4.69, 9.17) is 4.74 Å². The van der Waals surface area contributed by atoms with Crippen molar-refractivity contribution in [3.8, 4) is 0 Å². The Balaban J connectivity index is 2.19. The highest BCUT2D eigenvalue weighted by atomic mass is 16.5. The van der Waals surface area contributed by atoms with E-state index in [0.717, 1.165) is 5.56 Å². The summed E-state index contributed by atoms with van der Waals surface area (Å²) in [5, 5.41) is 2.57. The van der Waals surface area contributed by atoms with Gasteiger partial charge in [0.25, 0.3) is 11.8 Å². The summed E-state index contributed by atoms with van der Waals surface area (Å²) < 4.78 is 5.54. The van der Waals surface area contributed by atoms with Gasteiger partial charge >= 0.3 is 0 Å². The highest BCUT2D eigenvalue weighted by Crippen LogP contribution is 2.20. The van der Waals surface area contributed by atoms with E-state index in [2.05, 4.69) is 10.3 Å². The molecule has 0 aromatic carbocycles. The molecule has 1 saturated heterocycles. The normalized spacial score (nSPS) is 22.4. The van der Waals surface area contributed by atoms with Crippen LogP contribution in [0.25, 0.3) is 0 Å². The number of nitrogens with zero attached hydrogens (tertiary/aromatic N) is 2. The van der Waals surface area contributed by atoms with Gasteiger partial charge < -0.3 is 15.0 Å². The Morgan fingerprint density at radius 2 is 2.25 bits per heavy atom.